The number of anilines is 1. The Morgan fingerprint density at radius 3 is 2.43 bits per heavy atom. The highest BCUT2D eigenvalue weighted by Crippen LogP contribution is 2.11. The molecule has 0 bridgehead atoms. The summed E-state index contributed by atoms with van der Waals surface area (Å²) < 4.78 is 0. The Kier molecular flexibility index (Phi) is 6.45. The van der Waals surface area contributed by atoms with Gasteiger partial charge in [-0.3, -0.25) is 0 Å². The summed E-state index contributed by atoms with van der Waals surface area (Å²) in [4.78, 5) is 4.89. The van der Waals surface area contributed by atoms with Gasteiger partial charge >= 0.3 is 0 Å². The molecule has 1 aliphatic rings. The molecule has 1 aliphatic heterocycles. The van der Waals surface area contributed by atoms with Gasteiger partial charge in [0.15, 0.2) is 0 Å². The van der Waals surface area contributed by atoms with Crippen LogP contribution in [0.25, 0.3) is 0 Å². The zero-order valence-corrected chi connectivity index (χ0v) is 12.8. The number of nitrogens with one attached hydrogen (secondary N) is 1. The van der Waals surface area contributed by atoms with Crippen LogP contribution < -0.4 is 5.32 Å². The molecule has 0 amide bonds. The molecule has 1 saturated heterocycles. The van der Waals surface area contributed by atoms with Crippen LogP contribution in [0.2, 0.25) is 0 Å². The van der Waals surface area contributed by atoms with E-state index in [0.29, 0.717) is 6.54 Å². The van der Waals surface area contributed by atoms with E-state index in [1.165, 1.54) is 5.56 Å². The van der Waals surface area contributed by atoms with Gasteiger partial charge in [-0.15, -0.1) is 0 Å². The predicted molar refractivity (Wildman–Crippen MR) is 85.7 cm³/mol. The molecule has 3 N–H and O–H groups in total. The van der Waals surface area contributed by atoms with Crippen LogP contribution >= 0.6 is 0 Å². The van der Waals surface area contributed by atoms with Gasteiger partial charge in [-0.05, 0) is 31.2 Å². The number of hydrogen-bond donors (Lipinski definition) is 3. The number of likely N-dealkylation sites (N-methyl/N-ethyl adjacent to an activating group) is 1. The minimum Gasteiger partial charge on any atom is -0.394 e. The number of aliphatic hydroxyl groups excluding tert-OH is 2. The lowest BCUT2D eigenvalue weighted by Gasteiger charge is -2.32. The fraction of sp³-hybridized carbons (Fsp3) is 0.625. The highest BCUT2D eigenvalue weighted by molar-refractivity contribution is 5.44. The van der Waals surface area contributed by atoms with Gasteiger partial charge in [0.05, 0.1) is 12.7 Å². The lowest BCUT2D eigenvalue weighted by molar-refractivity contribution is 0.105. The van der Waals surface area contributed by atoms with Crippen molar-refractivity contribution in [2.75, 3.05) is 58.2 Å². The predicted octanol–water partition coefficient (Wildman–Crippen LogP) is 0.242. The quantitative estimate of drug-likeness (QED) is 0.672. The van der Waals surface area contributed by atoms with Gasteiger partial charge in [0.25, 0.3) is 0 Å². The van der Waals surface area contributed by atoms with E-state index in [-0.39, 0.29) is 6.61 Å². The fourth-order valence-electron chi connectivity index (χ4n) is 2.45. The number of benzene rings is 1. The highest BCUT2D eigenvalue weighted by Gasteiger charge is 2.13. The van der Waals surface area contributed by atoms with Gasteiger partial charge in [-0.2, -0.15) is 0 Å². The summed E-state index contributed by atoms with van der Waals surface area (Å²) in [7, 11) is 2.18. The molecule has 0 saturated carbocycles. The summed E-state index contributed by atoms with van der Waals surface area (Å²) >= 11 is 0. The second kappa shape index (κ2) is 8.34. The van der Waals surface area contributed by atoms with E-state index < -0.39 is 6.10 Å². The van der Waals surface area contributed by atoms with Crippen LogP contribution in [0.4, 0.5) is 5.69 Å². The molecule has 1 atom stereocenters. The summed E-state index contributed by atoms with van der Waals surface area (Å²) in [6.07, 6.45) is 0.366. The van der Waals surface area contributed by atoms with E-state index in [1.807, 2.05) is 12.1 Å². The summed E-state index contributed by atoms with van der Waals surface area (Å²) in [5.74, 6) is 0. The van der Waals surface area contributed by atoms with E-state index in [9.17, 15) is 5.11 Å². The van der Waals surface area contributed by atoms with E-state index in [1.54, 1.807) is 0 Å². The first-order valence-corrected chi connectivity index (χ1v) is 7.70. The SMILES string of the molecule is CN1CCN(CCc2ccc(NCC(O)CO)cc2)CC1. The van der Waals surface area contributed by atoms with Crippen molar-refractivity contribution in [3.63, 3.8) is 0 Å². The third kappa shape index (κ3) is 5.63. The normalized spacial score (nSPS) is 18.6. The van der Waals surface area contributed by atoms with Crippen molar-refractivity contribution in [3.8, 4) is 0 Å². The monoisotopic (exact) mass is 293 g/mol. The van der Waals surface area contributed by atoms with Crippen molar-refractivity contribution in [2.45, 2.75) is 12.5 Å². The fourth-order valence-corrected chi connectivity index (χ4v) is 2.45. The van der Waals surface area contributed by atoms with Crippen molar-refractivity contribution in [1.29, 1.82) is 0 Å². The molecule has 118 valence electrons. The number of piperazine rings is 1. The maximum absolute atomic E-state index is 9.30. The van der Waals surface area contributed by atoms with Gasteiger partial charge in [0, 0.05) is 45.0 Å². The number of nitrogens with zero attached hydrogens (tertiary/aromatic N) is 2. The van der Waals surface area contributed by atoms with E-state index in [2.05, 4.69) is 34.3 Å². The molecule has 2 rings (SSSR count). The minimum absolute atomic E-state index is 0.212. The molecule has 21 heavy (non-hydrogen) atoms. The Morgan fingerprint density at radius 2 is 1.81 bits per heavy atom. The Hall–Kier alpha value is -1.14. The molecule has 5 nitrogen and oxygen atoms in total. The van der Waals surface area contributed by atoms with Crippen molar-refractivity contribution in [1.82, 2.24) is 9.80 Å². The van der Waals surface area contributed by atoms with Gasteiger partial charge in [-0.1, -0.05) is 12.1 Å². The second-order valence-corrected chi connectivity index (χ2v) is 5.81. The van der Waals surface area contributed by atoms with Crippen molar-refractivity contribution in [3.05, 3.63) is 29.8 Å². The van der Waals surface area contributed by atoms with Crippen LogP contribution in [0.1, 0.15) is 5.56 Å². The summed E-state index contributed by atoms with van der Waals surface area (Å²) in [5.41, 5.74) is 2.31. The first-order valence-electron chi connectivity index (χ1n) is 7.70. The summed E-state index contributed by atoms with van der Waals surface area (Å²) in [6, 6.07) is 8.32. The first-order chi connectivity index (χ1) is 10.2. The first kappa shape index (κ1) is 16.2. The van der Waals surface area contributed by atoms with Crippen LogP contribution in [0.15, 0.2) is 24.3 Å². The van der Waals surface area contributed by atoms with Gasteiger partial charge in [0.1, 0.15) is 0 Å². The number of rotatable bonds is 7. The van der Waals surface area contributed by atoms with Crippen LogP contribution in [0, 0.1) is 0 Å². The summed E-state index contributed by atoms with van der Waals surface area (Å²) in [6.45, 7) is 5.92. The Labute approximate surface area is 127 Å². The van der Waals surface area contributed by atoms with E-state index in [4.69, 9.17) is 5.11 Å². The minimum atomic E-state index is -0.707. The van der Waals surface area contributed by atoms with Crippen LogP contribution in [-0.2, 0) is 6.42 Å². The molecule has 0 aromatic heterocycles. The molecular formula is C16H27N3O2. The smallest absolute Gasteiger partial charge is 0.0942 e. The Morgan fingerprint density at radius 1 is 1.14 bits per heavy atom. The molecule has 1 heterocycles. The number of hydrogen-bond acceptors (Lipinski definition) is 5. The van der Waals surface area contributed by atoms with Crippen molar-refractivity contribution >= 4 is 5.69 Å². The largest absolute Gasteiger partial charge is 0.394 e. The maximum Gasteiger partial charge on any atom is 0.0942 e. The molecule has 0 spiro atoms. The highest BCUT2D eigenvalue weighted by atomic mass is 16.3. The van der Waals surface area contributed by atoms with Gasteiger partial charge in [0.2, 0.25) is 0 Å². The van der Waals surface area contributed by atoms with Crippen LogP contribution in [-0.4, -0.2) is 79.0 Å². The standard InChI is InChI=1S/C16H27N3O2/c1-18-8-10-19(11-9-18)7-6-14-2-4-15(5-3-14)17-12-16(21)13-20/h2-5,16-17,20-21H,6-13H2,1H3. The molecule has 1 aromatic carbocycles. The van der Waals surface area contributed by atoms with Crippen LogP contribution in [0.3, 0.4) is 0 Å². The summed E-state index contributed by atoms with van der Waals surface area (Å²) in [5, 5.41) is 21.2. The molecule has 0 aliphatic carbocycles. The van der Waals surface area contributed by atoms with Crippen LogP contribution in [0.5, 0.6) is 0 Å². The third-order valence-corrected chi connectivity index (χ3v) is 4.02. The topological polar surface area (TPSA) is 59.0 Å². The second-order valence-electron chi connectivity index (χ2n) is 5.81. The molecule has 5 heteroatoms. The molecular weight excluding hydrogens is 266 g/mol. The van der Waals surface area contributed by atoms with E-state index in [0.717, 1.165) is 44.8 Å². The van der Waals surface area contributed by atoms with Crippen molar-refractivity contribution in [2.24, 2.45) is 0 Å². The average molecular weight is 293 g/mol. The Bertz CT molecular complexity index is 402. The Balaban J connectivity index is 1.72. The molecule has 0 radical (unpaired) electrons. The molecule has 1 aromatic rings. The molecule has 1 fully saturated rings. The molecule has 1 unspecified atom stereocenters. The van der Waals surface area contributed by atoms with Crippen molar-refractivity contribution < 1.29 is 10.2 Å². The maximum atomic E-state index is 9.30. The lowest BCUT2D eigenvalue weighted by Crippen LogP contribution is -2.45. The van der Waals surface area contributed by atoms with Gasteiger partial charge < -0.3 is 25.3 Å². The zero-order valence-electron chi connectivity index (χ0n) is 12.8. The van der Waals surface area contributed by atoms with Gasteiger partial charge in [-0.25, -0.2) is 0 Å². The van der Waals surface area contributed by atoms with E-state index >= 15 is 0 Å². The third-order valence-electron chi connectivity index (χ3n) is 4.02. The average Bonchev–Trinajstić information content (AvgIpc) is 2.53. The number of aliphatic hydroxyl groups is 2. The zero-order chi connectivity index (χ0) is 15.1. The lowest BCUT2D eigenvalue weighted by atomic mass is 10.1.